The van der Waals surface area contributed by atoms with Gasteiger partial charge in [-0.1, -0.05) is 42.5 Å². The largest absolute Gasteiger partial charge is 0.392 e. The first kappa shape index (κ1) is 15.9. The van der Waals surface area contributed by atoms with Gasteiger partial charge in [-0.3, -0.25) is 9.69 Å². The molecule has 1 aromatic rings. The number of benzene rings is 1. The van der Waals surface area contributed by atoms with Crippen LogP contribution in [0, 0.1) is 0 Å². The van der Waals surface area contributed by atoms with Crippen molar-refractivity contribution in [1.29, 1.82) is 0 Å². The minimum Gasteiger partial charge on any atom is -0.392 e. The Morgan fingerprint density at radius 3 is 2.62 bits per heavy atom. The van der Waals surface area contributed by atoms with E-state index in [1.165, 1.54) is 0 Å². The fourth-order valence-corrected chi connectivity index (χ4v) is 2.60. The molecular weight excluding hydrogens is 286 g/mol. The zero-order valence-electron chi connectivity index (χ0n) is 12.0. The van der Waals surface area contributed by atoms with Gasteiger partial charge in [0, 0.05) is 26.2 Å². The van der Waals surface area contributed by atoms with Gasteiger partial charge in [0.15, 0.2) is 0 Å². The molecule has 1 amide bonds. The highest BCUT2D eigenvalue weighted by Gasteiger charge is 2.23. The van der Waals surface area contributed by atoms with Crippen molar-refractivity contribution in [3.63, 3.8) is 0 Å². The van der Waals surface area contributed by atoms with Crippen LogP contribution in [0.2, 0.25) is 0 Å². The third-order valence-electron chi connectivity index (χ3n) is 3.51. The van der Waals surface area contributed by atoms with E-state index in [9.17, 15) is 4.79 Å². The number of amides is 1. The molecule has 1 atom stereocenters. The number of rotatable bonds is 6. The van der Waals surface area contributed by atoms with Crippen molar-refractivity contribution in [2.75, 3.05) is 39.4 Å². The molecule has 1 aliphatic rings. The fourth-order valence-electron chi connectivity index (χ4n) is 2.35. The van der Waals surface area contributed by atoms with Crippen LogP contribution in [-0.4, -0.2) is 55.2 Å². The second kappa shape index (κ2) is 8.07. The number of nitrogens with zero attached hydrogens (tertiary/aromatic N) is 1. The Kier molecular flexibility index (Phi) is 6.10. The Hall–Kier alpha value is -1.50. The number of nitrogens with one attached hydrogen (secondary N) is 1. The first-order valence-corrected chi connectivity index (χ1v) is 7.51. The molecule has 114 valence electrons. The molecule has 1 heterocycles. The molecule has 6 heteroatoms. The van der Waals surface area contributed by atoms with E-state index < -0.39 is 5.92 Å². The minimum absolute atomic E-state index is 0.137. The summed E-state index contributed by atoms with van der Waals surface area (Å²) in [6.45, 7) is 4.74. The number of ether oxygens (including phenoxy) is 1. The van der Waals surface area contributed by atoms with Crippen LogP contribution in [0.5, 0.6) is 0 Å². The third kappa shape index (κ3) is 4.77. The predicted octanol–water partition coefficient (Wildman–Crippen LogP) is 0.505. The maximum absolute atomic E-state index is 12.3. The monoisotopic (exact) mass is 307 g/mol. The molecule has 0 radical (unpaired) electrons. The first-order valence-electron chi connectivity index (χ1n) is 7.10. The summed E-state index contributed by atoms with van der Waals surface area (Å²) in [6.07, 6.45) is 0. The smallest absolute Gasteiger partial charge is 0.234 e. The molecule has 0 saturated carbocycles. The molecule has 21 heavy (non-hydrogen) atoms. The SMILES string of the molecule is NC(=S)C(C(=O)NCCN1CCOCC1)c1ccccc1. The molecule has 2 rings (SSSR count). The van der Waals surface area contributed by atoms with Gasteiger partial charge in [-0.2, -0.15) is 0 Å². The van der Waals surface area contributed by atoms with Gasteiger partial charge in [-0.25, -0.2) is 0 Å². The molecule has 0 aromatic heterocycles. The number of hydrogen-bond donors (Lipinski definition) is 2. The normalized spacial score (nSPS) is 17.1. The molecule has 1 aromatic carbocycles. The lowest BCUT2D eigenvalue weighted by atomic mass is 9.98. The van der Waals surface area contributed by atoms with E-state index in [0.29, 0.717) is 6.54 Å². The Bertz CT molecular complexity index is 475. The molecule has 0 bridgehead atoms. The molecular formula is C15H21N3O2S. The molecule has 1 saturated heterocycles. The van der Waals surface area contributed by atoms with E-state index in [2.05, 4.69) is 10.2 Å². The quantitative estimate of drug-likeness (QED) is 0.749. The standard InChI is InChI=1S/C15H21N3O2S/c16-14(21)13(12-4-2-1-3-5-12)15(19)17-6-7-18-8-10-20-11-9-18/h1-5,13H,6-11H2,(H2,16,21)(H,17,19). The summed E-state index contributed by atoms with van der Waals surface area (Å²) >= 11 is 5.04. The lowest BCUT2D eigenvalue weighted by molar-refractivity contribution is -0.121. The zero-order chi connectivity index (χ0) is 15.1. The van der Waals surface area contributed by atoms with Gasteiger partial charge in [0.2, 0.25) is 5.91 Å². The highest BCUT2D eigenvalue weighted by atomic mass is 32.1. The summed E-state index contributed by atoms with van der Waals surface area (Å²) in [5.41, 5.74) is 6.56. The van der Waals surface area contributed by atoms with Crippen LogP contribution in [0.15, 0.2) is 30.3 Å². The van der Waals surface area contributed by atoms with Crippen LogP contribution >= 0.6 is 12.2 Å². The number of carbonyl (C=O) groups excluding carboxylic acids is 1. The lowest BCUT2D eigenvalue weighted by Gasteiger charge is -2.26. The van der Waals surface area contributed by atoms with Crippen molar-refractivity contribution in [3.05, 3.63) is 35.9 Å². The second-order valence-electron chi connectivity index (χ2n) is 4.99. The molecule has 5 nitrogen and oxygen atoms in total. The van der Waals surface area contributed by atoms with Crippen LogP contribution in [0.25, 0.3) is 0 Å². The number of thiocarbonyl (C=S) groups is 1. The highest BCUT2D eigenvalue weighted by molar-refractivity contribution is 7.80. The third-order valence-corrected chi connectivity index (χ3v) is 3.75. The number of hydrogen-bond acceptors (Lipinski definition) is 4. The van der Waals surface area contributed by atoms with E-state index in [4.69, 9.17) is 22.7 Å². The second-order valence-corrected chi connectivity index (χ2v) is 5.46. The van der Waals surface area contributed by atoms with Crippen molar-refractivity contribution < 1.29 is 9.53 Å². The van der Waals surface area contributed by atoms with Gasteiger partial charge in [-0.05, 0) is 5.56 Å². The van der Waals surface area contributed by atoms with E-state index >= 15 is 0 Å². The molecule has 0 spiro atoms. The van der Waals surface area contributed by atoms with Gasteiger partial charge in [-0.15, -0.1) is 0 Å². The predicted molar refractivity (Wildman–Crippen MR) is 86.2 cm³/mol. The number of morpholine rings is 1. The maximum Gasteiger partial charge on any atom is 0.234 e. The molecule has 3 N–H and O–H groups in total. The lowest BCUT2D eigenvalue weighted by Crippen LogP contribution is -2.43. The van der Waals surface area contributed by atoms with Crippen LogP contribution in [0.4, 0.5) is 0 Å². The topological polar surface area (TPSA) is 67.6 Å². The summed E-state index contributed by atoms with van der Waals surface area (Å²) in [7, 11) is 0. The first-order chi connectivity index (χ1) is 10.2. The van der Waals surface area contributed by atoms with E-state index in [1.807, 2.05) is 30.3 Å². The molecule has 1 aliphatic heterocycles. The van der Waals surface area contributed by atoms with Crippen LogP contribution in [0.1, 0.15) is 11.5 Å². The van der Waals surface area contributed by atoms with Gasteiger partial charge in [0.05, 0.1) is 18.2 Å². The molecule has 1 unspecified atom stereocenters. The molecule has 1 fully saturated rings. The Balaban J connectivity index is 1.86. The minimum atomic E-state index is -0.564. The molecule has 0 aliphatic carbocycles. The summed E-state index contributed by atoms with van der Waals surface area (Å²) < 4.78 is 5.29. The highest BCUT2D eigenvalue weighted by Crippen LogP contribution is 2.16. The van der Waals surface area contributed by atoms with Crippen molar-refractivity contribution >= 4 is 23.1 Å². The van der Waals surface area contributed by atoms with Crippen molar-refractivity contribution in [1.82, 2.24) is 10.2 Å². The Labute approximate surface area is 130 Å². The van der Waals surface area contributed by atoms with E-state index in [-0.39, 0.29) is 10.9 Å². The summed E-state index contributed by atoms with van der Waals surface area (Å²) in [5.74, 6) is -0.701. The van der Waals surface area contributed by atoms with Crippen molar-refractivity contribution in [2.45, 2.75) is 5.92 Å². The van der Waals surface area contributed by atoms with Crippen molar-refractivity contribution in [2.24, 2.45) is 5.73 Å². The Morgan fingerprint density at radius 1 is 1.33 bits per heavy atom. The summed E-state index contributed by atoms with van der Waals surface area (Å²) in [4.78, 5) is 14.8. The maximum atomic E-state index is 12.3. The van der Waals surface area contributed by atoms with Crippen molar-refractivity contribution in [3.8, 4) is 0 Å². The fraction of sp³-hybridized carbons (Fsp3) is 0.467. The summed E-state index contributed by atoms with van der Waals surface area (Å²) in [6, 6.07) is 9.39. The van der Waals surface area contributed by atoms with E-state index in [1.54, 1.807) is 0 Å². The average molecular weight is 307 g/mol. The zero-order valence-corrected chi connectivity index (χ0v) is 12.8. The number of nitrogens with two attached hydrogens (primary N) is 1. The Morgan fingerprint density at radius 2 is 2.00 bits per heavy atom. The van der Waals surface area contributed by atoms with Crippen LogP contribution in [-0.2, 0) is 9.53 Å². The van der Waals surface area contributed by atoms with Gasteiger partial charge >= 0.3 is 0 Å². The van der Waals surface area contributed by atoms with Gasteiger partial charge in [0.25, 0.3) is 0 Å². The van der Waals surface area contributed by atoms with Crippen LogP contribution in [0.3, 0.4) is 0 Å². The summed E-state index contributed by atoms with van der Waals surface area (Å²) in [5, 5.41) is 2.92. The van der Waals surface area contributed by atoms with Gasteiger partial charge < -0.3 is 15.8 Å². The van der Waals surface area contributed by atoms with Crippen LogP contribution < -0.4 is 11.1 Å². The number of carbonyl (C=O) groups is 1. The average Bonchev–Trinajstić information content (AvgIpc) is 2.49. The van der Waals surface area contributed by atoms with E-state index in [0.717, 1.165) is 38.4 Å². The van der Waals surface area contributed by atoms with Gasteiger partial charge in [0.1, 0.15) is 5.92 Å².